The number of benzene rings is 2. The Kier molecular flexibility index (Phi) is 4.58. The molecule has 1 saturated heterocycles. The van der Waals surface area contributed by atoms with E-state index in [1.165, 1.54) is 5.56 Å². The third-order valence-corrected chi connectivity index (χ3v) is 4.52. The number of morpholine rings is 1. The fourth-order valence-electron chi connectivity index (χ4n) is 2.64. The van der Waals surface area contributed by atoms with Crippen LogP contribution in [-0.4, -0.2) is 29.7 Å². The van der Waals surface area contributed by atoms with Crippen LogP contribution in [0.2, 0.25) is 0 Å². The second-order valence-corrected chi connectivity index (χ2v) is 6.14. The number of phenols is 1. The van der Waals surface area contributed by atoms with E-state index in [9.17, 15) is 5.11 Å². The van der Waals surface area contributed by atoms with Crippen molar-refractivity contribution < 1.29 is 9.84 Å². The molecule has 1 fully saturated rings. The van der Waals surface area contributed by atoms with E-state index in [0.717, 1.165) is 29.7 Å². The lowest BCUT2D eigenvalue weighted by atomic mass is 10.1. The van der Waals surface area contributed by atoms with E-state index in [1.54, 1.807) is 12.1 Å². The Labute approximate surface area is 133 Å². The van der Waals surface area contributed by atoms with Crippen molar-refractivity contribution in [2.75, 3.05) is 19.7 Å². The number of nitrogens with zero attached hydrogens (tertiary/aromatic N) is 1. The molecular weight excluding hydrogens is 330 g/mol. The lowest BCUT2D eigenvalue weighted by Crippen LogP contribution is -2.37. The first kappa shape index (κ1) is 14.6. The van der Waals surface area contributed by atoms with Gasteiger partial charge in [-0.15, -0.1) is 0 Å². The van der Waals surface area contributed by atoms with Gasteiger partial charge in [-0.3, -0.25) is 4.90 Å². The summed E-state index contributed by atoms with van der Waals surface area (Å²) in [6.45, 7) is 3.38. The van der Waals surface area contributed by atoms with Gasteiger partial charge in [-0.1, -0.05) is 46.3 Å². The molecule has 1 heterocycles. The van der Waals surface area contributed by atoms with Gasteiger partial charge < -0.3 is 9.84 Å². The van der Waals surface area contributed by atoms with E-state index in [-0.39, 0.29) is 6.10 Å². The van der Waals surface area contributed by atoms with E-state index >= 15 is 0 Å². The van der Waals surface area contributed by atoms with Crippen molar-refractivity contribution in [1.82, 2.24) is 4.90 Å². The molecule has 0 saturated carbocycles. The van der Waals surface area contributed by atoms with Crippen LogP contribution in [0.15, 0.2) is 53.0 Å². The topological polar surface area (TPSA) is 32.7 Å². The van der Waals surface area contributed by atoms with Crippen LogP contribution >= 0.6 is 15.9 Å². The van der Waals surface area contributed by atoms with Gasteiger partial charge in [0.05, 0.1) is 12.7 Å². The highest BCUT2D eigenvalue weighted by molar-refractivity contribution is 9.10. The number of rotatable bonds is 3. The molecular formula is C17H18BrNO2. The van der Waals surface area contributed by atoms with Crippen LogP contribution in [-0.2, 0) is 11.3 Å². The third kappa shape index (κ3) is 3.64. The molecule has 2 aromatic rings. The first-order valence-corrected chi connectivity index (χ1v) is 7.88. The standard InChI is InChI=1S/C17H18BrNO2/c18-16-7-2-1-4-14(16)11-19-8-9-21-17(12-19)13-5-3-6-15(20)10-13/h1-7,10,17,20H,8-9,11-12H2. The molecule has 1 aliphatic rings. The fraction of sp³-hybridized carbons (Fsp3) is 0.294. The van der Waals surface area contributed by atoms with Gasteiger partial charge in [0, 0.05) is 24.1 Å². The SMILES string of the molecule is Oc1cccc(C2CN(Cc3ccccc3Br)CCO2)c1. The van der Waals surface area contributed by atoms with Crippen molar-refractivity contribution in [2.45, 2.75) is 12.6 Å². The molecule has 0 amide bonds. The lowest BCUT2D eigenvalue weighted by Gasteiger charge is -2.33. The van der Waals surface area contributed by atoms with Crippen LogP contribution in [0, 0.1) is 0 Å². The van der Waals surface area contributed by atoms with Gasteiger partial charge in [0.15, 0.2) is 0 Å². The third-order valence-electron chi connectivity index (χ3n) is 3.74. The second kappa shape index (κ2) is 6.60. The van der Waals surface area contributed by atoms with Gasteiger partial charge in [0.2, 0.25) is 0 Å². The summed E-state index contributed by atoms with van der Waals surface area (Å²) in [5, 5.41) is 9.61. The Hall–Kier alpha value is -1.36. The molecule has 1 N–H and O–H groups in total. The minimum atomic E-state index is 0.0216. The normalized spacial score (nSPS) is 19.6. The predicted octanol–water partition coefficient (Wildman–Crippen LogP) is 3.73. The summed E-state index contributed by atoms with van der Waals surface area (Å²) in [4.78, 5) is 2.39. The first-order chi connectivity index (χ1) is 10.2. The number of phenolic OH excluding ortho intramolecular Hbond substituents is 1. The van der Waals surface area contributed by atoms with Crippen molar-refractivity contribution in [3.63, 3.8) is 0 Å². The molecule has 1 atom stereocenters. The maximum Gasteiger partial charge on any atom is 0.115 e. The van der Waals surface area contributed by atoms with Gasteiger partial charge in [0.25, 0.3) is 0 Å². The maximum atomic E-state index is 9.61. The van der Waals surface area contributed by atoms with Crippen LogP contribution in [0.5, 0.6) is 5.75 Å². The summed E-state index contributed by atoms with van der Waals surface area (Å²) in [5.41, 5.74) is 2.32. The summed E-state index contributed by atoms with van der Waals surface area (Å²) in [6, 6.07) is 15.6. The smallest absolute Gasteiger partial charge is 0.115 e. The van der Waals surface area contributed by atoms with Crippen LogP contribution < -0.4 is 0 Å². The zero-order chi connectivity index (χ0) is 14.7. The largest absolute Gasteiger partial charge is 0.508 e. The fourth-order valence-corrected chi connectivity index (χ4v) is 3.05. The minimum Gasteiger partial charge on any atom is -0.508 e. The van der Waals surface area contributed by atoms with Gasteiger partial charge >= 0.3 is 0 Å². The van der Waals surface area contributed by atoms with E-state index in [1.807, 2.05) is 18.2 Å². The van der Waals surface area contributed by atoms with Crippen LogP contribution in [0.4, 0.5) is 0 Å². The van der Waals surface area contributed by atoms with Crippen LogP contribution in [0.1, 0.15) is 17.2 Å². The molecule has 2 aromatic carbocycles. The highest BCUT2D eigenvalue weighted by Gasteiger charge is 2.22. The van der Waals surface area contributed by atoms with Crippen molar-refractivity contribution in [3.05, 3.63) is 64.1 Å². The summed E-state index contributed by atoms with van der Waals surface area (Å²) >= 11 is 3.60. The average Bonchev–Trinajstić information content (AvgIpc) is 2.50. The molecule has 0 aromatic heterocycles. The molecule has 110 valence electrons. The number of hydrogen-bond acceptors (Lipinski definition) is 3. The van der Waals surface area contributed by atoms with E-state index in [0.29, 0.717) is 12.4 Å². The lowest BCUT2D eigenvalue weighted by molar-refractivity contribution is -0.0330. The van der Waals surface area contributed by atoms with Gasteiger partial charge in [0.1, 0.15) is 5.75 Å². The zero-order valence-corrected chi connectivity index (χ0v) is 13.3. The second-order valence-electron chi connectivity index (χ2n) is 5.28. The number of halogens is 1. The number of hydrogen-bond donors (Lipinski definition) is 1. The first-order valence-electron chi connectivity index (χ1n) is 7.08. The molecule has 0 aliphatic carbocycles. The summed E-state index contributed by atoms with van der Waals surface area (Å²) < 4.78 is 7.00. The van der Waals surface area contributed by atoms with E-state index < -0.39 is 0 Å². The Morgan fingerprint density at radius 3 is 2.86 bits per heavy atom. The van der Waals surface area contributed by atoms with Crippen molar-refractivity contribution in [3.8, 4) is 5.75 Å². The Bertz CT molecular complexity index is 617. The Morgan fingerprint density at radius 2 is 2.05 bits per heavy atom. The van der Waals surface area contributed by atoms with Gasteiger partial charge in [-0.05, 0) is 29.3 Å². The van der Waals surface area contributed by atoms with Crippen LogP contribution in [0.25, 0.3) is 0 Å². The molecule has 21 heavy (non-hydrogen) atoms. The number of aromatic hydroxyl groups is 1. The summed E-state index contributed by atoms with van der Waals surface area (Å²) in [7, 11) is 0. The summed E-state index contributed by atoms with van der Waals surface area (Å²) in [6.07, 6.45) is 0.0216. The number of ether oxygens (including phenoxy) is 1. The van der Waals surface area contributed by atoms with Crippen molar-refractivity contribution in [1.29, 1.82) is 0 Å². The Morgan fingerprint density at radius 1 is 1.19 bits per heavy atom. The summed E-state index contributed by atoms with van der Waals surface area (Å²) in [5.74, 6) is 0.291. The molecule has 3 rings (SSSR count). The van der Waals surface area contributed by atoms with Gasteiger partial charge in [-0.2, -0.15) is 0 Å². The predicted molar refractivity (Wildman–Crippen MR) is 86.2 cm³/mol. The molecule has 0 bridgehead atoms. The maximum absolute atomic E-state index is 9.61. The van der Waals surface area contributed by atoms with Gasteiger partial charge in [-0.25, -0.2) is 0 Å². The van der Waals surface area contributed by atoms with Crippen molar-refractivity contribution in [2.24, 2.45) is 0 Å². The molecule has 0 spiro atoms. The van der Waals surface area contributed by atoms with E-state index in [2.05, 4.69) is 39.0 Å². The quantitative estimate of drug-likeness (QED) is 0.918. The zero-order valence-electron chi connectivity index (χ0n) is 11.7. The molecule has 0 radical (unpaired) electrons. The average molecular weight is 348 g/mol. The molecule has 4 heteroatoms. The molecule has 1 unspecified atom stereocenters. The monoisotopic (exact) mass is 347 g/mol. The van der Waals surface area contributed by atoms with E-state index in [4.69, 9.17) is 4.74 Å². The minimum absolute atomic E-state index is 0.0216. The molecule has 1 aliphatic heterocycles. The van der Waals surface area contributed by atoms with Crippen LogP contribution in [0.3, 0.4) is 0 Å². The highest BCUT2D eigenvalue weighted by Crippen LogP contribution is 2.26. The molecule has 3 nitrogen and oxygen atoms in total. The highest BCUT2D eigenvalue weighted by atomic mass is 79.9. The van der Waals surface area contributed by atoms with Crippen molar-refractivity contribution >= 4 is 15.9 Å². The Balaban J connectivity index is 1.70.